The van der Waals surface area contributed by atoms with Crippen molar-refractivity contribution in [2.45, 2.75) is 45.3 Å². The fourth-order valence-corrected chi connectivity index (χ4v) is 7.09. The Labute approximate surface area is 192 Å². The summed E-state index contributed by atoms with van der Waals surface area (Å²) in [5.74, 6) is 0.432. The second-order valence-corrected chi connectivity index (χ2v) is 10.3. The van der Waals surface area contributed by atoms with Crippen LogP contribution in [0.2, 0.25) is 5.02 Å². The number of aryl methyl sites for hydroxylation is 1. The molecule has 0 bridgehead atoms. The second-order valence-electron chi connectivity index (χ2n) is 9.92. The third-order valence-electron chi connectivity index (χ3n) is 8.16. The molecule has 160 valence electrons. The summed E-state index contributed by atoms with van der Waals surface area (Å²) in [7, 11) is 0. The molecule has 4 heterocycles. The maximum Gasteiger partial charge on any atom is 0.0734 e. The van der Waals surface area contributed by atoms with E-state index in [1.165, 1.54) is 44.3 Å². The van der Waals surface area contributed by atoms with Crippen LogP contribution in [0.5, 0.6) is 0 Å². The van der Waals surface area contributed by atoms with E-state index < -0.39 is 0 Å². The van der Waals surface area contributed by atoms with E-state index in [0.717, 1.165) is 23.5 Å². The van der Waals surface area contributed by atoms with E-state index in [2.05, 4.69) is 95.9 Å². The van der Waals surface area contributed by atoms with Gasteiger partial charge in [0.1, 0.15) is 0 Å². The minimum absolute atomic E-state index is 0.00307. The summed E-state index contributed by atoms with van der Waals surface area (Å²) >= 11 is 6.97. The molecule has 0 radical (unpaired) electrons. The highest BCUT2D eigenvalue weighted by Crippen LogP contribution is 2.57. The van der Waals surface area contributed by atoms with E-state index in [9.17, 15) is 0 Å². The number of nitrogens with one attached hydrogen (secondary N) is 1. The molecule has 3 nitrogen and oxygen atoms in total. The third kappa shape index (κ3) is 2.08. The van der Waals surface area contributed by atoms with E-state index in [4.69, 9.17) is 11.6 Å². The van der Waals surface area contributed by atoms with Gasteiger partial charge in [-0.1, -0.05) is 61.8 Å². The Morgan fingerprint density at radius 1 is 0.938 bits per heavy atom. The Morgan fingerprint density at radius 3 is 2.44 bits per heavy atom. The second kappa shape index (κ2) is 6.11. The lowest BCUT2D eigenvalue weighted by Crippen LogP contribution is -2.39. The highest BCUT2D eigenvalue weighted by molar-refractivity contribution is 6.36. The van der Waals surface area contributed by atoms with Gasteiger partial charge in [-0.05, 0) is 42.2 Å². The molecule has 2 atom stereocenters. The lowest BCUT2D eigenvalue weighted by Gasteiger charge is -2.43. The average molecular weight is 440 g/mol. The van der Waals surface area contributed by atoms with Gasteiger partial charge in [-0.2, -0.15) is 0 Å². The first kappa shape index (κ1) is 18.6. The fourth-order valence-electron chi connectivity index (χ4n) is 6.71. The molecule has 2 aromatic heterocycles. The van der Waals surface area contributed by atoms with Crippen LogP contribution in [-0.4, -0.2) is 9.13 Å². The number of hydrogen-bond acceptors (Lipinski definition) is 1. The van der Waals surface area contributed by atoms with Crippen molar-refractivity contribution in [3.63, 3.8) is 0 Å². The SMILES string of the molecule is CCn1c2ccccc2c2c3c(ccc21)N[C@H]1c2c(Cl)c4ccccc4n2C[C@H]1C3(C)C. The predicted molar refractivity (Wildman–Crippen MR) is 135 cm³/mol. The topological polar surface area (TPSA) is 21.9 Å². The normalized spacial score (nSPS) is 21.0. The molecular weight excluding hydrogens is 414 g/mol. The third-order valence-corrected chi connectivity index (χ3v) is 8.56. The summed E-state index contributed by atoms with van der Waals surface area (Å²) in [5.41, 5.74) is 7.84. The number of benzene rings is 3. The number of rotatable bonds is 1. The zero-order valence-corrected chi connectivity index (χ0v) is 19.4. The van der Waals surface area contributed by atoms with Crippen LogP contribution in [0, 0.1) is 5.92 Å². The molecule has 0 amide bonds. The summed E-state index contributed by atoms with van der Waals surface area (Å²) in [5, 5.41) is 8.77. The Kier molecular flexibility index (Phi) is 3.56. The standard InChI is InChI=1S/C28H26ClN3/c1-4-31-20-11-7-5-9-16(20)23-22(31)14-13-19-24(23)28(2,3)18-15-32-21-12-8-6-10-17(21)25(29)27(32)26(18)30-19/h5-14,18,26,30H,4,15H2,1-3H3/t18-,26-/m1/s1. The van der Waals surface area contributed by atoms with Crippen LogP contribution in [0.4, 0.5) is 5.69 Å². The van der Waals surface area contributed by atoms with Crippen LogP contribution in [-0.2, 0) is 18.5 Å². The highest BCUT2D eigenvalue weighted by Gasteiger charge is 2.50. The minimum atomic E-state index is -0.00307. The van der Waals surface area contributed by atoms with Crippen LogP contribution >= 0.6 is 11.6 Å². The molecule has 0 unspecified atom stereocenters. The van der Waals surface area contributed by atoms with Crippen molar-refractivity contribution in [2.75, 3.05) is 5.32 Å². The Hall–Kier alpha value is -2.91. The Bertz CT molecular complexity index is 1570. The van der Waals surface area contributed by atoms with Crippen molar-refractivity contribution < 1.29 is 0 Å². The molecule has 2 aliphatic rings. The van der Waals surface area contributed by atoms with E-state index in [0.29, 0.717) is 5.92 Å². The maximum atomic E-state index is 6.97. The fraction of sp³-hybridized carbons (Fsp3) is 0.286. The van der Waals surface area contributed by atoms with Gasteiger partial charge in [0.25, 0.3) is 0 Å². The number of aromatic nitrogens is 2. The van der Waals surface area contributed by atoms with Gasteiger partial charge < -0.3 is 14.5 Å². The number of hydrogen-bond donors (Lipinski definition) is 1. The van der Waals surface area contributed by atoms with Gasteiger partial charge in [-0.25, -0.2) is 0 Å². The van der Waals surface area contributed by atoms with Gasteiger partial charge in [0.15, 0.2) is 0 Å². The Balaban J connectivity index is 1.52. The summed E-state index contributed by atoms with van der Waals surface area (Å²) in [6.45, 7) is 9.06. The monoisotopic (exact) mass is 439 g/mol. The molecule has 0 saturated carbocycles. The van der Waals surface area contributed by atoms with E-state index in [1.807, 2.05) is 0 Å². The minimum Gasteiger partial charge on any atom is -0.376 e. The van der Waals surface area contributed by atoms with Crippen molar-refractivity contribution in [3.8, 4) is 0 Å². The quantitative estimate of drug-likeness (QED) is 0.287. The first-order chi connectivity index (χ1) is 15.5. The molecule has 1 N–H and O–H groups in total. The van der Waals surface area contributed by atoms with E-state index >= 15 is 0 Å². The summed E-state index contributed by atoms with van der Waals surface area (Å²) in [6.07, 6.45) is 0. The molecule has 5 aromatic rings. The van der Waals surface area contributed by atoms with Gasteiger partial charge in [-0.3, -0.25) is 0 Å². The molecule has 3 aromatic carbocycles. The van der Waals surface area contributed by atoms with Crippen molar-refractivity contribution >= 4 is 50.0 Å². The number of anilines is 1. The number of nitrogens with zero attached hydrogens (tertiary/aromatic N) is 2. The molecule has 4 heteroatoms. The van der Waals surface area contributed by atoms with E-state index in [1.54, 1.807) is 0 Å². The molecule has 0 saturated heterocycles. The number of halogens is 1. The largest absolute Gasteiger partial charge is 0.376 e. The van der Waals surface area contributed by atoms with Gasteiger partial charge in [0, 0.05) is 57.4 Å². The molecular formula is C28H26ClN3. The van der Waals surface area contributed by atoms with E-state index in [-0.39, 0.29) is 11.5 Å². The smallest absolute Gasteiger partial charge is 0.0734 e. The zero-order valence-electron chi connectivity index (χ0n) is 18.6. The first-order valence-electron chi connectivity index (χ1n) is 11.6. The van der Waals surface area contributed by atoms with Crippen molar-refractivity contribution in [1.82, 2.24) is 9.13 Å². The molecule has 0 aliphatic carbocycles. The maximum absolute atomic E-state index is 6.97. The Morgan fingerprint density at radius 2 is 1.66 bits per heavy atom. The molecule has 0 fully saturated rings. The average Bonchev–Trinajstić information content (AvgIpc) is 3.43. The first-order valence-corrected chi connectivity index (χ1v) is 12.0. The van der Waals surface area contributed by atoms with Gasteiger partial charge in [0.05, 0.1) is 16.8 Å². The molecule has 0 spiro atoms. The van der Waals surface area contributed by atoms with Gasteiger partial charge >= 0.3 is 0 Å². The molecule has 2 aliphatic heterocycles. The lowest BCUT2D eigenvalue weighted by atomic mass is 9.66. The summed E-state index contributed by atoms with van der Waals surface area (Å²) < 4.78 is 4.91. The van der Waals surface area contributed by atoms with Crippen LogP contribution in [0.15, 0.2) is 60.7 Å². The molecule has 32 heavy (non-hydrogen) atoms. The van der Waals surface area contributed by atoms with Gasteiger partial charge in [-0.15, -0.1) is 0 Å². The predicted octanol–water partition coefficient (Wildman–Crippen LogP) is 7.50. The van der Waals surface area contributed by atoms with Crippen LogP contribution in [0.25, 0.3) is 32.7 Å². The van der Waals surface area contributed by atoms with Crippen molar-refractivity contribution in [3.05, 3.63) is 76.9 Å². The van der Waals surface area contributed by atoms with Crippen molar-refractivity contribution in [2.24, 2.45) is 5.92 Å². The van der Waals surface area contributed by atoms with Crippen LogP contribution in [0.3, 0.4) is 0 Å². The number of fused-ring (bicyclic) bond motifs is 10. The molecule has 7 rings (SSSR count). The van der Waals surface area contributed by atoms with Crippen LogP contribution in [0.1, 0.15) is 38.1 Å². The zero-order chi connectivity index (χ0) is 21.8. The van der Waals surface area contributed by atoms with Crippen LogP contribution < -0.4 is 5.32 Å². The number of para-hydroxylation sites is 2. The van der Waals surface area contributed by atoms with Gasteiger partial charge in [0.2, 0.25) is 0 Å². The lowest BCUT2D eigenvalue weighted by molar-refractivity contribution is 0.276. The summed E-state index contributed by atoms with van der Waals surface area (Å²) in [4.78, 5) is 0. The summed E-state index contributed by atoms with van der Waals surface area (Å²) in [6, 6.07) is 22.2. The van der Waals surface area contributed by atoms with Crippen molar-refractivity contribution in [1.29, 1.82) is 0 Å². The highest BCUT2D eigenvalue weighted by atomic mass is 35.5.